The van der Waals surface area contributed by atoms with Crippen LogP contribution in [0.2, 0.25) is 0 Å². The Morgan fingerprint density at radius 3 is 2.30 bits per heavy atom. The predicted octanol–water partition coefficient (Wildman–Crippen LogP) is 3.83. The van der Waals surface area contributed by atoms with Gasteiger partial charge in [0, 0.05) is 37.3 Å². The molecule has 0 unspecified atom stereocenters. The van der Waals surface area contributed by atoms with Crippen molar-refractivity contribution in [1.82, 2.24) is 20.0 Å². The Morgan fingerprint density at radius 2 is 1.59 bits per heavy atom. The molecule has 2 heterocycles. The summed E-state index contributed by atoms with van der Waals surface area (Å²) >= 11 is 0. The first-order valence-corrected chi connectivity index (χ1v) is 9.49. The molecule has 0 spiro atoms. The summed E-state index contributed by atoms with van der Waals surface area (Å²) in [6.07, 6.45) is 0. The van der Waals surface area contributed by atoms with Gasteiger partial charge in [-0.2, -0.15) is 0 Å². The van der Waals surface area contributed by atoms with Crippen LogP contribution < -0.4 is 0 Å². The molecule has 5 heteroatoms. The van der Waals surface area contributed by atoms with Gasteiger partial charge in [-0.25, -0.2) is 0 Å². The highest BCUT2D eigenvalue weighted by atomic mass is 16.4. The fourth-order valence-electron chi connectivity index (χ4n) is 3.73. The lowest BCUT2D eigenvalue weighted by Gasteiger charge is -2.47. The summed E-state index contributed by atoms with van der Waals surface area (Å²) in [6.45, 7) is 9.31. The van der Waals surface area contributed by atoms with E-state index >= 15 is 0 Å². The maximum absolute atomic E-state index is 5.89. The first-order valence-electron chi connectivity index (χ1n) is 9.49. The average molecular weight is 362 g/mol. The number of hydrogen-bond donors (Lipinski definition) is 0. The fraction of sp³-hybridized carbons (Fsp3) is 0.364. The minimum absolute atomic E-state index is 0.0936. The van der Waals surface area contributed by atoms with Crippen LogP contribution >= 0.6 is 0 Å². The topological polar surface area (TPSA) is 45.4 Å². The van der Waals surface area contributed by atoms with Gasteiger partial charge in [0.25, 0.3) is 0 Å². The molecule has 0 amide bonds. The molecule has 0 bridgehead atoms. The van der Waals surface area contributed by atoms with Crippen molar-refractivity contribution in [3.63, 3.8) is 0 Å². The first-order chi connectivity index (χ1) is 13.1. The predicted molar refractivity (Wildman–Crippen MR) is 106 cm³/mol. The number of piperazine rings is 1. The number of aromatic nitrogens is 2. The van der Waals surface area contributed by atoms with Crippen molar-refractivity contribution in [2.45, 2.75) is 32.5 Å². The Hall–Kier alpha value is -2.50. The summed E-state index contributed by atoms with van der Waals surface area (Å²) in [7, 11) is 0. The number of rotatable bonds is 5. The number of benzene rings is 2. The van der Waals surface area contributed by atoms with Gasteiger partial charge in [-0.05, 0) is 31.5 Å². The molecular weight excluding hydrogens is 336 g/mol. The second-order valence-corrected chi connectivity index (χ2v) is 7.80. The Morgan fingerprint density at radius 1 is 0.889 bits per heavy atom. The summed E-state index contributed by atoms with van der Waals surface area (Å²) in [5.74, 6) is 1.27. The van der Waals surface area contributed by atoms with E-state index in [2.05, 4.69) is 64.2 Å². The molecule has 2 aromatic carbocycles. The van der Waals surface area contributed by atoms with E-state index in [-0.39, 0.29) is 5.54 Å². The van der Waals surface area contributed by atoms with E-state index in [1.807, 2.05) is 30.3 Å². The molecule has 0 radical (unpaired) electrons. The standard InChI is InChI=1S/C22H26N4O/c1-22(2)17-25(13-14-26(22)15-18-9-5-3-6-10-18)16-20-23-24-21(27-20)19-11-7-4-8-12-19/h3-12H,13-17H2,1-2H3. The normalized spacial score (nSPS) is 17.9. The molecule has 0 atom stereocenters. The zero-order valence-corrected chi connectivity index (χ0v) is 16.0. The third-order valence-electron chi connectivity index (χ3n) is 5.22. The zero-order valence-electron chi connectivity index (χ0n) is 16.0. The van der Waals surface area contributed by atoms with E-state index in [1.54, 1.807) is 0 Å². The van der Waals surface area contributed by atoms with Crippen LogP contribution in [0.5, 0.6) is 0 Å². The maximum atomic E-state index is 5.89. The van der Waals surface area contributed by atoms with Crippen LogP contribution in [-0.4, -0.2) is 45.2 Å². The van der Waals surface area contributed by atoms with Gasteiger partial charge in [0.15, 0.2) is 0 Å². The van der Waals surface area contributed by atoms with Crippen LogP contribution in [0.4, 0.5) is 0 Å². The summed E-state index contributed by atoms with van der Waals surface area (Å²) in [5.41, 5.74) is 2.42. The van der Waals surface area contributed by atoms with Crippen molar-refractivity contribution in [3.8, 4) is 11.5 Å². The molecule has 1 aliphatic rings. The van der Waals surface area contributed by atoms with Crippen molar-refractivity contribution in [2.75, 3.05) is 19.6 Å². The summed E-state index contributed by atoms with van der Waals surface area (Å²) in [6, 6.07) is 20.6. The lowest BCUT2D eigenvalue weighted by Crippen LogP contribution is -2.58. The summed E-state index contributed by atoms with van der Waals surface area (Å²) in [5, 5.41) is 8.45. The van der Waals surface area contributed by atoms with Gasteiger partial charge in [-0.3, -0.25) is 9.80 Å². The minimum Gasteiger partial charge on any atom is -0.419 e. The first kappa shape index (κ1) is 17.9. The van der Waals surface area contributed by atoms with E-state index < -0.39 is 0 Å². The van der Waals surface area contributed by atoms with Gasteiger partial charge in [0.05, 0.1) is 6.54 Å². The molecule has 3 aromatic rings. The van der Waals surface area contributed by atoms with Gasteiger partial charge >= 0.3 is 0 Å². The van der Waals surface area contributed by atoms with Crippen molar-refractivity contribution in [3.05, 3.63) is 72.1 Å². The molecule has 27 heavy (non-hydrogen) atoms. The Labute approximate surface area is 160 Å². The van der Waals surface area contributed by atoms with Gasteiger partial charge in [0.2, 0.25) is 11.8 Å². The quantitative estimate of drug-likeness (QED) is 0.690. The molecule has 1 fully saturated rings. The Bertz CT molecular complexity index is 860. The van der Waals surface area contributed by atoms with E-state index in [4.69, 9.17) is 4.42 Å². The molecule has 1 saturated heterocycles. The third-order valence-corrected chi connectivity index (χ3v) is 5.22. The van der Waals surface area contributed by atoms with E-state index in [0.717, 1.165) is 31.7 Å². The third kappa shape index (κ3) is 4.26. The van der Waals surface area contributed by atoms with E-state index in [1.165, 1.54) is 5.56 Å². The van der Waals surface area contributed by atoms with E-state index in [9.17, 15) is 0 Å². The zero-order chi connectivity index (χ0) is 18.7. The van der Waals surface area contributed by atoms with Crippen molar-refractivity contribution in [2.24, 2.45) is 0 Å². The highest BCUT2D eigenvalue weighted by Crippen LogP contribution is 2.25. The van der Waals surface area contributed by atoms with Gasteiger partial charge in [0.1, 0.15) is 0 Å². The number of hydrogen-bond acceptors (Lipinski definition) is 5. The smallest absolute Gasteiger partial charge is 0.247 e. The minimum atomic E-state index is 0.0936. The highest BCUT2D eigenvalue weighted by molar-refractivity contribution is 5.51. The van der Waals surface area contributed by atoms with Crippen molar-refractivity contribution < 1.29 is 4.42 Å². The monoisotopic (exact) mass is 362 g/mol. The molecule has 1 aliphatic heterocycles. The van der Waals surface area contributed by atoms with Crippen LogP contribution in [-0.2, 0) is 13.1 Å². The van der Waals surface area contributed by atoms with Gasteiger partial charge < -0.3 is 4.42 Å². The van der Waals surface area contributed by atoms with Gasteiger partial charge in [-0.1, -0.05) is 48.5 Å². The molecule has 0 saturated carbocycles. The van der Waals surface area contributed by atoms with Crippen LogP contribution in [0.15, 0.2) is 65.1 Å². The lowest BCUT2D eigenvalue weighted by molar-refractivity contribution is 0.00721. The van der Waals surface area contributed by atoms with Crippen LogP contribution in [0, 0.1) is 0 Å². The molecule has 1 aromatic heterocycles. The molecule has 140 valence electrons. The van der Waals surface area contributed by atoms with E-state index in [0.29, 0.717) is 18.3 Å². The SMILES string of the molecule is CC1(C)CN(Cc2nnc(-c3ccccc3)o2)CCN1Cc1ccccc1. The summed E-state index contributed by atoms with van der Waals surface area (Å²) < 4.78 is 5.89. The maximum Gasteiger partial charge on any atom is 0.247 e. The number of nitrogens with zero attached hydrogens (tertiary/aromatic N) is 4. The van der Waals surface area contributed by atoms with Gasteiger partial charge in [-0.15, -0.1) is 10.2 Å². The average Bonchev–Trinajstić information content (AvgIpc) is 3.14. The largest absolute Gasteiger partial charge is 0.419 e. The second kappa shape index (κ2) is 7.62. The van der Waals surface area contributed by atoms with Crippen LogP contribution in [0.25, 0.3) is 11.5 Å². The van der Waals surface area contributed by atoms with Crippen LogP contribution in [0.3, 0.4) is 0 Å². The second-order valence-electron chi connectivity index (χ2n) is 7.80. The Balaban J connectivity index is 1.39. The van der Waals surface area contributed by atoms with Crippen molar-refractivity contribution >= 4 is 0 Å². The molecule has 0 aliphatic carbocycles. The molecule has 0 N–H and O–H groups in total. The summed E-state index contributed by atoms with van der Waals surface area (Å²) in [4.78, 5) is 4.96. The lowest BCUT2D eigenvalue weighted by atomic mass is 9.97. The molecule has 5 nitrogen and oxygen atoms in total. The van der Waals surface area contributed by atoms with Crippen molar-refractivity contribution in [1.29, 1.82) is 0 Å². The Kier molecular flexibility index (Phi) is 5.05. The fourth-order valence-corrected chi connectivity index (χ4v) is 3.73. The molecule has 4 rings (SSSR count). The highest BCUT2D eigenvalue weighted by Gasteiger charge is 2.34. The molecular formula is C22H26N4O. The van der Waals surface area contributed by atoms with Crippen LogP contribution in [0.1, 0.15) is 25.3 Å².